The van der Waals surface area contributed by atoms with Gasteiger partial charge in [0, 0.05) is 6.54 Å². The molecule has 0 bridgehead atoms. The van der Waals surface area contributed by atoms with Crippen molar-refractivity contribution in [2.45, 2.75) is 25.9 Å². The third-order valence-electron chi connectivity index (χ3n) is 3.02. The van der Waals surface area contributed by atoms with Gasteiger partial charge in [0.1, 0.15) is 11.5 Å². The molecule has 1 atom stereocenters. The van der Waals surface area contributed by atoms with Crippen LogP contribution < -0.4 is 10.1 Å². The number of hydrogen-bond acceptors (Lipinski definition) is 4. The Kier molecular flexibility index (Phi) is 5.65. The zero-order valence-corrected chi connectivity index (χ0v) is 11.7. The summed E-state index contributed by atoms with van der Waals surface area (Å²) < 4.78 is 10.8. The predicted octanol–water partition coefficient (Wildman–Crippen LogP) is 2.89. The van der Waals surface area contributed by atoms with Gasteiger partial charge in [0.15, 0.2) is 0 Å². The van der Waals surface area contributed by atoms with Crippen LogP contribution in [0.3, 0.4) is 0 Å². The second-order valence-electron chi connectivity index (χ2n) is 4.62. The summed E-state index contributed by atoms with van der Waals surface area (Å²) in [6.45, 7) is 3.50. The second kappa shape index (κ2) is 7.72. The molecule has 1 aromatic carbocycles. The SMILES string of the molecule is CCCOc1ccc(CNC(CO)c2ccco2)cc1. The van der Waals surface area contributed by atoms with Gasteiger partial charge in [-0.25, -0.2) is 0 Å². The normalized spacial score (nSPS) is 12.3. The molecule has 1 aromatic heterocycles. The Labute approximate surface area is 119 Å². The minimum absolute atomic E-state index is 0.00517. The van der Waals surface area contributed by atoms with E-state index in [1.165, 1.54) is 0 Å². The standard InChI is InChI=1S/C16H21NO3/c1-2-9-19-14-7-5-13(6-8-14)11-17-15(12-18)16-4-3-10-20-16/h3-8,10,15,17-18H,2,9,11-12H2,1H3. The van der Waals surface area contributed by atoms with Gasteiger partial charge in [0.05, 0.1) is 25.5 Å². The van der Waals surface area contributed by atoms with E-state index in [2.05, 4.69) is 12.2 Å². The summed E-state index contributed by atoms with van der Waals surface area (Å²) >= 11 is 0. The molecule has 0 radical (unpaired) electrons. The van der Waals surface area contributed by atoms with E-state index < -0.39 is 0 Å². The van der Waals surface area contributed by atoms with E-state index in [0.29, 0.717) is 6.54 Å². The van der Waals surface area contributed by atoms with Gasteiger partial charge in [-0.1, -0.05) is 19.1 Å². The van der Waals surface area contributed by atoms with Gasteiger partial charge in [-0.3, -0.25) is 0 Å². The molecule has 0 saturated carbocycles. The highest BCUT2D eigenvalue weighted by Gasteiger charge is 2.12. The van der Waals surface area contributed by atoms with Crippen molar-refractivity contribution in [1.29, 1.82) is 0 Å². The van der Waals surface area contributed by atoms with Crippen molar-refractivity contribution < 1.29 is 14.3 Å². The van der Waals surface area contributed by atoms with Crippen LogP contribution in [-0.2, 0) is 6.54 Å². The number of benzene rings is 1. The molecule has 2 N–H and O–H groups in total. The molecule has 4 heteroatoms. The highest BCUT2D eigenvalue weighted by atomic mass is 16.5. The lowest BCUT2D eigenvalue weighted by Gasteiger charge is -2.14. The van der Waals surface area contributed by atoms with Gasteiger partial charge in [-0.05, 0) is 36.2 Å². The van der Waals surface area contributed by atoms with Crippen LogP contribution in [0.25, 0.3) is 0 Å². The Balaban J connectivity index is 1.86. The Morgan fingerprint density at radius 3 is 2.65 bits per heavy atom. The molecule has 0 saturated heterocycles. The van der Waals surface area contributed by atoms with Crippen LogP contribution >= 0.6 is 0 Å². The molecule has 20 heavy (non-hydrogen) atoms. The zero-order chi connectivity index (χ0) is 14.2. The maximum Gasteiger partial charge on any atom is 0.123 e. The van der Waals surface area contributed by atoms with Gasteiger partial charge >= 0.3 is 0 Å². The molecule has 1 heterocycles. The number of furan rings is 1. The van der Waals surface area contributed by atoms with Gasteiger partial charge in [0.2, 0.25) is 0 Å². The van der Waals surface area contributed by atoms with Crippen molar-refractivity contribution in [3.63, 3.8) is 0 Å². The third kappa shape index (κ3) is 4.11. The minimum atomic E-state index is -0.180. The van der Waals surface area contributed by atoms with Crippen LogP contribution in [0.2, 0.25) is 0 Å². The van der Waals surface area contributed by atoms with Gasteiger partial charge in [-0.15, -0.1) is 0 Å². The molecule has 0 amide bonds. The lowest BCUT2D eigenvalue weighted by atomic mass is 10.2. The summed E-state index contributed by atoms with van der Waals surface area (Å²) in [7, 11) is 0. The Hall–Kier alpha value is -1.78. The zero-order valence-electron chi connectivity index (χ0n) is 11.7. The van der Waals surface area contributed by atoms with Gasteiger partial charge in [0.25, 0.3) is 0 Å². The quantitative estimate of drug-likeness (QED) is 0.778. The number of aliphatic hydroxyl groups excluding tert-OH is 1. The Morgan fingerprint density at radius 1 is 1.25 bits per heavy atom. The molecule has 2 rings (SSSR count). The van der Waals surface area contributed by atoms with E-state index in [1.54, 1.807) is 6.26 Å². The first kappa shape index (κ1) is 14.6. The molecule has 0 aliphatic rings. The largest absolute Gasteiger partial charge is 0.494 e. The molecular weight excluding hydrogens is 254 g/mol. The summed E-state index contributed by atoms with van der Waals surface area (Å²) in [5.74, 6) is 1.63. The molecular formula is C16H21NO3. The Morgan fingerprint density at radius 2 is 2.05 bits per heavy atom. The first-order chi connectivity index (χ1) is 9.83. The molecule has 1 unspecified atom stereocenters. The van der Waals surface area contributed by atoms with E-state index in [-0.39, 0.29) is 12.6 Å². The first-order valence-electron chi connectivity index (χ1n) is 6.93. The number of ether oxygens (including phenoxy) is 1. The highest BCUT2D eigenvalue weighted by Crippen LogP contribution is 2.15. The second-order valence-corrected chi connectivity index (χ2v) is 4.62. The summed E-state index contributed by atoms with van der Waals surface area (Å²) in [5, 5.41) is 12.6. The maximum atomic E-state index is 9.37. The lowest BCUT2D eigenvalue weighted by Crippen LogP contribution is -2.23. The van der Waals surface area contributed by atoms with E-state index >= 15 is 0 Å². The van der Waals surface area contributed by atoms with Crippen molar-refractivity contribution in [2.75, 3.05) is 13.2 Å². The number of rotatable bonds is 8. The van der Waals surface area contributed by atoms with Crippen LogP contribution in [-0.4, -0.2) is 18.3 Å². The van der Waals surface area contributed by atoms with Crippen LogP contribution in [0.1, 0.15) is 30.7 Å². The van der Waals surface area contributed by atoms with Gasteiger partial charge < -0.3 is 19.6 Å². The third-order valence-corrected chi connectivity index (χ3v) is 3.02. The van der Waals surface area contributed by atoms with Gasteiger partial charge in [-0.2, -0.15) is 0 Å². The molecule has 108 valence electrons. The van der Waals surface area contributed by atoms with Crippen LogP contribution in [0.5, 0.6) is 5.75 Å². The summed E-state index contributed by atoms with van der Waals surface area (Å²) in [5.41, 5.74) is 1.14. The minimum Gasteiger partial charge on any atom is -0.494 e. The number of nitrogens with one attached hydrogen (secondary N) is 1. The Bertz CT molecular complexity index is 479. The monoisotopic (exact) mass is 275 g/mol. The first-order valence-corrected chi connectivity index (χ1v) is 6.93. The fourth-order valence-corrected chi connectivity index (χ4v) is 1.91. The summed E-state index contributed by atoms with van der Waals surface area (Å²) in [6, 6.07) is 11.5. The number of hydrogen-bond donors (Lipinski definition) is 2. The molecule has 0 fully saturated rings. The van der Waals surface area contributed by atoms with E-state index in [9.17, 15) is 5.11 Å². The van der Waals surface area contributed by atoms with Crippen molar-refractivity contribution in [2.24, 2.45) is 0 Å². The molecule has 4 nitrogen and oxygen atoms in total. The van der Waals surface area contributed by atoms with E-state index in [4.69, 9.17) is 9.15 Å². The van der Waals surface area contributed by atoms with Crippen molar-refractivity contribution in [3.05, 3.63) is 54.0 Å². The molecule has 0 aliphatic heterocycles. The topological polar surface area (TPSA) is 54.6 Å². The highest BCUT2D eigenvalue weighted by molar-refractivity contribution is 5.27. The van der Waals surface area contributed by atoms with Crippen molar-refractivity contribution >= 4 is 0 Å². The average molecular weight is 275 g/mol. The smallest absolute Gasteiger partial charge is 0.123 e. The van der Waals surface area contributed by atoms with Crippen molar-refractivity contribution in [3.8, 4) is 5.75 Å². The van der Waals surface area contributed by atoms with Crippen LogP contribution in [0, 0.1) is 0 Å². The van der Waals surface area contributed by atoms with Crippen molar-refractivity contribution in [1.82, 2.24) is 5.32 Å². The fraction of sp³-hybridized carbons (Fsp3) is 0.375. The summed E-state index contributed by atoms with van der Waals surface area (Å²) in [6.07, 6.45) is 2.62. The number of aliphatic hydroxyl groups is 1. The molecule has 2 aromatic rings. The van der Waals surface area contributed by atoms with Crippen LogP contribution in [0.15, 0.2) is 47.1 Å². The fourth-order valence-electron chi connectivity index (χ4n) is 1.91. The summed E-state index contributed by atoms with van der Waals surface area (Å²) in [4.78, 5) is 0. The van der Waals surface area contributed by atoms with Crippen LogP contribution in [0.4, 0.5) is 0 Å². The predicted molar refractivity (Wildman–Crippen MR) is 77.6 cm³/mol. The maximum absolute atomic E-state index is 9.37. The molecule has 0 spiro atoms. The average Bonchev–Trinajstić information content (AvgIpc) is 3.01. The van der Waals surface area contributed by atoms with E-state index in [1.807, 2.05) is 36.4 Å². The molecule has 0 aliphatic carbocycles. The lowest BCUT2D eigenvalue weighted by molar-refractivity contribution is 0.225. The van der Waals surface area contributed by atoms with E-state index in [0.717, 1.165) is 30.1 Å².